The average molecular weight is 466 g/mol. The number of furan rings is 1. The number of hydrogen-bond donors (Lipinski definition) is 3. The standard InChI is InChI=1S/C18H34N4O2.HI/c1-8-19-17(20-9-10-22(7)13(2)3)21-12-18(6,23)16-11-14(4)24-15(16)5;/h11,13,23H,8-10,12H2,1-7H3,(H2,19,20,21);1H. The molecule has 0 aliphatic rings. The normalized spacial score (nSPS) is 14.4. The summed E-state index contributed by atoms with van der Waals surface area (Å²) in [5.41, 5.74) is -0.266. The number of nitrogens with one attached hydrogen (secondary N) is 2. The summed E-state index contributed by atoms with van der Waals surface area (Å²) < 4.78 is 5.52. The van der Waals surface area contributed by atoms with Crippen molar-refractivity contribution >= 4 is 29.9 Å². The van der Waals surface area contributed by atoms with Crippen molar-refractivity contribution in [2.75, 3.05) is 33.2 Å². The summed E-state index contributed by atoms with van der Waals surface area (Å²) in [6.07, 6.45) is 0. The molecule has 0 aliphatic carbocycles. The Hall–Kier alpha value is -0.800. The van der Waals surface area contributed by atoms with Crippen molar-refractivity contribution in [2.45, 2.75) is 53.2 Å². The lowest BCUT2D eigenvalue weighted by atomic mass is 9.96. The van der Waals surface area contributed by atoms with Crippen LogP contribution in [0, 0.1) is 13.8 Å². The minimum Gasteiger partial charge on any atom is -0.466 e. The number of likely N-dealkylation sites (N-methyl/N-ethyl adjacent to an activating group) is 1. The number of aryl methyl sites for hydroxylation is 2. The molecule has 0 fully saturated rings. The Bertz CT molecular complexity index is 541. The minimum absolute atomic E-state index is 0. The van der Waals surface area contributed by atoms with Crippen molar-refractivity contribution in [3.05, 3.63) is 23.2 Å². The van der Waals surface area contributed by atoms with E-state index in [9.17, 15) is 5.11 Å². The summed E-state index contributed by atoms with van der Waals surface area (Å²) in [5.74, 6) is 2.26. The quantitative estimate of drug-likeness (QED) is 0.312. The first-order chi connectivity index (χ1) is 11.2. The summed E-state index contributed by atoms with van der Waals surface area (Å²) in [4.78, 5) is 6.81. The number of nitrogens with zero attached hydrogens (tertiary/aromatic N) is 2. The molecule has 0 saturated carbocycles. The molecule has 0 aromatic carbocycles. The van der Waals surface area contributed by atoms with E-state index in [4.69, 9.17) is 4.42 Å². The Morgan fingerprint density at radius 2 is 2.00 bits per heavy atom. The molecule has 146 valence electrons. The Morgan fingerprint density at radius 3 is 2.48 bits per heavy atom. The number of aliphatic hydroxyl groups is 1. The lowest BCUT2D eigenvalue weighted by Gasteiger charge is -2.23. The fourth-order valence-corrected chi connectivity index (χ4v) is 2.43. The van der Waals surface area contributed by atoms with Gasteiger partial charge in [-0.05, 0) is 54.7 Å². The Morgan fingerprint density at radius 1 is 1.36 bits per heavy atom. The second kappa shape index (κ2) is 11.0. The molecular formula is C18H35IN4O2. The molecule has 1 aromatic heterocycles. The molecule has 0 radical (unpaired) electrons. The Balaban J connectivity index is 0.00000576. The second-order valence-corrected chi connectivity index (χ2v) is 6.80. The van der Waals surface area contributed by atoms with Gasteiger partial charge in [-0.3, -0.25) is 0 Å². The summed E-state index contributed by atoms with van der Waals surface area (Å²) in [6, 6.07) is 2.39. The average Bonchev–Trinajstić information content (AvgIpc) is 2.84. The van der Waals surface area contributed by atoms with E-state index >= 15 is 0 Å². The van der Waals surface area contributed by atoms with Gasteiger partial charge >= 0.3 is 0 Å². The number of halogens is 1. The van der Waals surface area contributed by atoms with Gasteiger partial charge in [0.15, 0.2) is 5.96 Å². The van der Waals surface area contributed by atoms with E-state index in [1.807, 2.05) is 26.8 Å². The van der Waals surface area contributed by atoms with Crippen LogP contribution in [-0.2, 0) is 5.60 Å². The van der Waals surface area contributed by atoms with Gasteiger partial charge in [-0.2, -0.15) is 0 Å². The Kier molecular flexibility index (Phi) is 10.7. The predicted octanol–water partition coefficient (Wildman–Crippen LogP) is 2.62. The van der Waals surface area contributed by atoms with Gasteiger partial charge in [0, 0.05) is 31.2 Å². The van der Waals surface area contributed by atoms with E-state index in [1.165, 1.54) is 0 Å². The van der Waals surface area contributed by atoms with Gasteiger partial charge < -0.3 is 25.1 Å². The highest BCUT2D eigenvalue weighted by Crippen LogP contribution is 2.27. The number of hydrogen-bond acceptors (Lipinski definition) is 4. The molecule has 3 N–H and O–H groups in total. The van der Waals surface area contributed by atoms with Gasteiger partial charge in [-0.1, -0.05) is 0 Å². The molecule has 1 unspecified atom stereocenters. The van der Waals surface area contributed by atoms with Gasteiger partial charge in [0.1, 0.15) is 17.1 Å². The van der Waals surface area contributed by atoms with E-state index in [0.29, 0.717) is 12.0 Å². The maximum absolute atomic E-state index is 10.8. The minimum atomic E-state index is -1.06. The highest BCUT2D eigenvalue weighted by atomic mass is 127. The van der Waals surface area contributed by atoms with Gasteiger partial charge in [-0.25, -0.2) is 4.99 Å². The van der Waals surface area contributed by atoms with E-state index in [2.05, 4.69) is 41.4 Å². The van der Waals surface area contributed by atoms with Crippen LogP contribution in [0.25, 0.3) is 0 Å². The molecule has 1 atom stereocenters. The van der Waals surface area contributed by atoms with E-state index in [1.54, 1.807) is 6.92 Å². The predicted molar refractivity (Wildman–Crippen MR) is 115 cm³/mol. The lowest BCUT2D eigenvalue weighted by molar-refractivity contribution is 0.0657. The van der Waals surface area contributed by atoms with Gasteiger partial charge in [-0.15, -0.1) is 24.0 Å². The summed E-state index contributed by atoms with van der Waals surface area (Å²) in [6.45, 7) is 14.7. The largest absolute Gasteiger partial charge is 0.466 e. The molecule has 0 aliphatic heterocycles. The van der Waals surface area contributed by atoms with Crippen molar-refractivity contribution in [1.29, 1.82) is 0 Å². The van der Waals surface area contributed by atoms with Crippen LogP contribution < -0.4 is 10.6 Å². The molecule has 0 amide bonds. The van der Waals surface area contributed by atoms with Crippen LogP contribution in [0.4, 0.5) is 0 Å². The zero-order valence-corrected chi connectivity index (χ0v) is 19.0. The number of guanidine groups is 1. The van der Waals surface area contributed by atoms with Crippen molar-refractivity contribution < 1.29 is 9.52 Å². The molecule has 0 saturated heterocycles. The Labute approximate surface area is 169 Å². The van der Waals surface area contributed by atoms with E-state index < -0.39 is 5.60 Å². The fraction of sp³-hybridized carbons (Fsp3) is 0.722. The smallest absolute Gasteiger partial charge is 0.191 e. The highest BCUT2D eigenvalue weighted by Gasteiger charge is 2.27. The molecule has 0 spiro atoms. The van der Waals surface area contributed by atoms with Crippen LogP contribution in [0.1, 0.15) is 44.8 Å². The topological polar surface area (TPSA) is 73.0 Å². The van der Waals surface area contributed by atoms with Crippen LogP contribution in [0.2, 0.25) is 0 Å². The molecule has 1 aromatic rings. The summed E-state index contributed by atoms with van der Waals surface area (Å²) in [7, 11) is 2.10. The summed E-state index contributed by atoms with van der Waals surface area (Å²) in [5, 5.41) is 17.3. The van der Waals surface area contributed by atoms with Crippen LogP contribution in [0.3, 0.4) is 0 Å². The third kappa shape index (κ3) is 7.96. The first-order valence-electron chi connectivity index (χ1n) is 8.69. The SMILES string of the molecule is CCNC(=NCC(C)(O)c1cc(C)oc1C)NCCN(C)C(C)C.I. The fourth-order valence-electron chi connectivity index (χ4n) is 2.43. The van der Waals surface area contributed by atoms with Crippen LogP contribution in [0.15, 0.2) is 15.5 Å². The van der Waals surface area contributed by atoms with E-state index in [0.717, 1.165) is 36.7 Å². The van der Waals surface area contributed by atoms with Crippen molar-refractivity contribution in [3.8, 4) is 0 Å². The first-order valence-corrected chi connectivity index (χ1v) is 8.69. The molecule has 1 rings (SSSR count). The molecular weight excluding hydrogens is 431 g/mol. The molecule has 25 heavy (non-hydrogen) atoms. The number of rotatable bonds is 8. The maximum Gasteiger partial charge on any atom is 0.191 e. The van der Waals surface area contributed by atoms with Crippen molar-refractivity contribution in [1.82, 2.24) is 15.5 Å². The highest BCUT2D eigenvalue weighted by molar-refractivity contribution is 14.0. The van der Waals surface area contributed by atoms with Gasteiger partial charge in [0.05, 0.1) is 6.54 Å². The maximum atomic E-state index is 10.8. The van der Waals surface area contributed by atoms with E-state index in [-0.39, 0.29) is 30.5 Å². The van der Waals surface area contributed by atoms with Crippen molar-refractivity contribution in [2.24, 2.45) is 4.99 Å². The third-order valence-electron chi connectivity index (χ3n) is 4.15. The zero-order chi connectivity index (χ0) is 18.3. The molecule has 0 bridgehead atoms. The molecule has 6 nitrogen and oxygen atoms in total. The second-order valence-electron chi connectivity index (χ2n) is 6.80. The van der Waals surface area contributed by atoms with Crippen molar-refractivity contribution in [3.63, 3.8) is 0 Å². The van der Waals surface area contributed by atoms with Crippen LogP contribution in [-0.4, -0.2) is 55.2 Å². The summed E-state index contributed by atoms with van der Waals surface area (Å²) >= 11 is 0. The monoisotopic (exact) mass is 466 g/mol. The molecule has 7 heteroatoms. The lowest BCUT2D eigenvalue weighted by Crippen LogP contribution is -2.42. The first kappa shape index (κ1) is 24.2. The third-order valence-corrected chi connectivity index (χ3v) is 4.15. The van der Waals surface area contributed by atoms with Gasteiger partial charge in [0.25, 0.3) is 0 Å². The molecule has 1 heterocycles. The van der Waals surface area contributed by atoms with Crippen LogP contribution in [0.5, 0.6) is 0 Å². The number of aliphatic imine (C=N–C) groups is 1. The van der Waals surface area contributed by atoms with Gasteiger partial charge in [0.2, 0.25) is 0 Å². The van der Waals surface area contributed by atoms with Crippen LogP contribution >= 0.6 is 24.0 Å². The zero-order valence-electron chi connectivity index (χ0n) is 16.6.